The van der Waals surface area contributed by atoms with Crippen molar-refractivity contribution < 1.29 is 14.3 Å². The molecule has 5 heteroatoms. The first kappa shape index (κ1) is 19.9. The van der Waals surface area contributed by atoms with Crippen LogP contribution in [0.2, 0.25) is 0 Å². The summed E-state index contributed by atoms with van der Waals surface area (Å²) in [7, 11) is 0. The standard InChI is InChI=1S/C20H20Br2O3/c1-2-3-10-25-20(24)18(22)12-14-6-4-7-15(11-14)19(23)16-8-5-9-17(21)13-16/h4-9,11,13,18H,2-3,10,12H2,1H3. The van der Waals surface area contributed by atoms with E-state index in [0.29, 0.717) is 24.2 Å². The molecule has 0 amide bonds. The Morgan fingerprint density at radius 3 is 2.44 bits per heavy atom. The van der Waals surface area contributed by atoms with E-state index < -0.39 is 4.83 Å². The summed E-state index contributed by atoms with van der Waals surface area (Å²) in [4.78, 5) is 24.2. The first-order chi connectivity index (χ1) is 12.0. The Morgan fingerprint density at radius 1 is 1.08 bits per heavy atom. The Morgan fingerprint density at radius 2 is 1.76 bits per heavy atom. The SMILES string of the molecule is CCCCOC(=O)C(Br)Cc1cccc(C(=O)c2cccc(Br)c2)c1. The maximum absolute atomic E-state index is 12.6. The van der Waals surface area contributed by atoms with Crippen LogP contribution in [0.25, 0.3) is 0 Å². The molecule has 0 heterocycles. The fourth-order valence-corrected chi connectivity index (χ4v) is 3.24. The smallest absolute Gasteiger partial charge is 0.320 e. The van der Waals surface area contributed by atoms with Crippen molar-refractivity contribution in [2.45, 2.75) is 31.0 Å². The van der Waals surface area contributed by atoms with E-state index in [1.807, 2.05) is 37.3 Å². The van der Waals surface area contributed by atoms with Crippen molar-refractivity contribution in [3.8, 4) is 0 Å². The minimum atomic E-state index is -0.416. The van der Waals surface area contributed by atoms with Crippen LogP contribution >= 0.6 is 31.9 Å². The number of rotatable bonds is 8. The van der Waals surface area contributed by atoms with Crippen LogP contribution in [-0.4, -0.2) is 23.2 Å². The molecule has 0 saturated heterocycles. The van der Waals surface area contributed by atoms with Gasteiger partial charge in [0.1, 0.15) is 4.83 Å². The van der Waals surface area contributed by atoms with E-state index in [2.05, 4.69) is 31.9 Å². The monoisotopic (exact) mass is 466 g/mol. The van der Waals surface area contributed by atoms with Gasteiger partial charge in [-0.05, 0) is 36.6 Å². The van der Waals surface area contributed by atoms with Gasteiger partial charge in [-0.2, -0.15) is 0 Å². The second-order valence-corrected chi connectivity index (χ2v) is 7.75. The zero-order valence-corrected chi connectivity index (χ0v) is 17.2. The van der Waals surface area contributed by atoms with E-state index in [1.165, 1.54) is 0 Å². The van der Waals surface area contributed by atoms with Crippen LogP contribution in [0.1, 0.15) is 41.3 Å². The van der Waals surface area contributed by atoms with Gasteiger partial charge in [-0.1, -0.05) is 75.5 Å². The molecule has 0 radical (unpaired) electrons. The molecule has 0 saturated carbocycles. The number of esters is 1. The summed E-state index contributed by atoms with van der Waals surface area (Å²) in [6, 6.07) is 14.7. The number of halogens is 2. The minimum absolute atomic E-state index is 0.0419. The molecule has 132 valence electrons. The highest BCUT2D eigenvalue weighted by atomic mass is 79.9. The average Bonchev–Trinajstić information content (AvgIpc) is 2.61. The van der Waals surface area contributed by atoms with E-state index in [1.54, 1.807) is 18.2 Å². The average molecular weight is 468 g/mol. The van der Waals surface area contributed by atoms with E-state index in [9.17, 15) is 9.59 Å². The van der Waals surface area contributed by atoms with Crippen LogP contribution in [0.3, 0.4) is 0 Å². The lowest BCUT2D eigenvalue weighted by molar-refractivity contribution is -0.142. The Balaban J connectivity index is 2.05. The molecule has 0 bridgehead atoms. The normalized spacial score (nSPS) is 11.8. The van der Waals surface area contributed by atoms with E-state index in [4.69, 9.17) is 4.74 Å². The van der Waals surface area contributed by atoms with Crippen molar-refractivity contribution in [2.24, 2.45) is 0 Å². The lowest BCUT2D eigenvalue weighted by atomic mass is 10.00. The van der Waals surface area contributed by atoms with Crippen molar-refractivity contribution >= 4 is 43.6 Å². The van der Waals surface area contributed by atoms with Crippen LogP contribution in [-0.2, 0) is 16.0 Å². The number of hydrogen-bond acceptors (Lipinski definition) is 3. The Labute approximate surface area is 165 Å². The highest BCUT2D eigenvalue weighted by Crippen LogP contribution is 2.18. The van der Waals surface area contributed by atoms with Crippen molar-refractivity contribution in [1.29, 1.82) is 0 Å². The predicted molar refractivity (Wildman–Crippen MR) is 106 cm³/mol. The third-order valence-electron chi connectivity index (χ3n) is 3.69. The van der Waals surface area contributed by atoms with Gasteiger partial charge in [0.15, 0.2) is 5.78 Å². The number of hydrogen-bond donors (Lipinski definition) is 0. The third kappa shape index (κ3) is 6.08. The number of ether oxygens (including phenoxy) is 1. The maximum atomic E-state index is 12.6. The minimum Gasteiger partial charge on any atom is -0.465 e. The summed E-state index contributed by atoms with van der Waals surface area (Å²) < 4.78 is 6.08. The molecule has 0 aliphatic heterocycles. The summed E-state index contributed by atoms with van der Waals surface area (Å²) in [5.74, 6) is -0.308. The summed E-state index contributed by atoms with van der Waals surface area (Å²) in [5, 5.41) is 0. The number of unbranched alkanes of at least 4 members (excludes halogenated alkanes) is 1. The molecule has 2 aromatic rings. The first-order valence-electron chi connectivity index (χ1n) is 8.21. The fourth-order valence-electron chi connectivity index (χ4n) is 2.33. The summed E-state index contributed by atoms with van der Waals surface area (Å²) in [6.45, 7) is 2.49. The highest BCUT2D eigenvalue weighted by molar-refractivity contribution is 9.10. The molecule has 0 aliphatic carbocycles. The number of benzene rings is 2. The van der Waals surface area contributed by atoms with Crippen LogP contribution < -0.4 is 0 Å². The third-order valence-corrected chi connectivity index (χ3v) is 4.88. The fraction of sp³-hybridized carbons (Fsp3) is 0.300. The van der Waals surface area contributed by atoms with Crippen molar-refractivity contribution in [2.75, 3.05) is 6.61 Å². The van der Waals surface area contributed by atoms with Crippen molar-refractivity contribution in [1.82, 2.24) is 0 Å². The predicted octanol–water partition coefficient (Wildman–Crippen LogP) is 5.33. The molecule has 2 rings (SSSR count). The second kappa shape index (κ2) is 9.88. The zero-order valence-electron chi connectivity index (χ0n) is 14.0. The molecule has 0 fully saturated rings. The van der Waals surface area contributed by atoms with E-state index >= 15 is 0 Å². The van der Waals surface area contributed by atoms with Gasteiger partial charge in [-0.15, -0.1) is 0 Å². The van der Waals surface area contributed by atoms with Crippen molar-refractivity contribution in [3.05, 3.63) is 69.7 Å². The van der Waals surface area contributed by atoms with Crippen LogP contribution in [0.15, 0.2) is 53.0 Å². The van der Waals surface area contributed by atoms with Gasteiger partial charge in [0, 0.05) is 15.6 Å². The van der Waals surface area contributed by atoms with Crippen LogP contribution in [0.5, 0.6) is 0 Å². The molecular weight excluding hydrogens is 448 g/mol. The molecule has 0 aromatic heterocycles. The topological polar surface area (TPSA) is 43.4 Å². The summed E-state index contributed by atoms with van der Waals surface area (Å²) >= 11 is 6.76. The molecule has 2 aromatic carbocycles. The first-order valence-corrected chi connectivity index (χ1v) is 9.92. The Hall–Kier alpha value is -1.46. The molecule has 0 spiro atoms. The second-order valence-electron chi connectivity index (χ2n) is 5.73. The maximum Gasteiger partial charge on any atom is 0.320 e. The molecule has 0 aliphatic rings. The number of alkyl halides is 1. The van der Waals surface area contributed by atoms with E-state index in [-0.39, 0.29) is 11.8 Å². The van der Waals surface area contributed by atoms with Gasteiger partial charge >= 0.3 is 5.97 Å². The quantitative estimate of drug-likeness (QED) is 0.228. The molecule has 0 N–H and O–H groups in total. The van der Waals surface area contributed by atoms with Crippen LogP contribution in [0.4, 0.5) is 0 Å². The van der Waals surface area contributed by atoms with Gasteiger partial charge in [-0.25, -0.2) is 0 Å². The largest absolute Gasteiger partial charge is 0.465 e. The zero-order chi connectivity index (χ0) is 18.2. The number of ketones is 1. The molecule has 3 nitrogen and oxygen atoms in total. The summed E-state index contributed by atoms with van der Waals surface area (Å²) in [6.07, 6.45) is 2.33. The highest BCUT2D eigenvalue weighted by Gasteiger charge is 2.18. The van der Waals surface area contributed by atoms with Gasteiger partial charge in [0.05, 0.1) is 6.61 Å². The van der Waals surface area contributed by atoms with Crippen molar-refractivity contribution in [3.63, 3.8) is 0 Å². The van der Waals surface area contributed by atoms with Gasteiger partial charge in [0.25, 0.3) is 0 Å². The van der Waals surface area contributed by atoms with Gasteiger partial charge in [0.2, 0.25) is 0 Å². The Kier molecular flexibility index (Phi) is 7.85. The van der Waals surface area contributed by atoms with Crippen LogP contribution in [0, 0.1) is 0 Å². The summed E-state index contributed by atoms with van der Waals surface area (Å²) in [5.41, 5.74) is 2.14. The lowest BCUT2D eigenvalue weighted by Gasteiger charge is -2.11. The Bertz CT molecular complexity index is 743. The van der Waals surface area contributed by atoms with Gasteiger partial charge in [-0.3, -0.25) is 9.59 Å². The number of carbonyl (C=O) groups excluding carboxylic acids is 2. The lowest BCUT2D eigenvalue weighted by Crippen LogP contribution is -2.20. The molecule has 25 heavy (non-hydrogen) atoms. The molecule has 1 unspecified atom stereocenters. The van der Waals surface area contributed by atoms with E-state index in [0.717, 1.165) is 22.9 Å². The molecule has 1 atom stereocenters. The van der Waals surface area contributed by atoms with Gasteiger partial charge < -0.3 is 4.74 Å². The number of carbonyl (C=O) groups is 2. The molecular formula is C20H20Br2O3.